The first-order chi connectivity index (χ1) is 19.0. The van der Waals surface area contributed by atoms with E-state index in [4.69, 9.17) is 38.2 Å². The van der Waals surface area contributed by atoms with Gasteiger partial charge in [-0.15, -0.1) is 0 Å². The van der Waals surface area contributed by atoms with E-state index in [1.54, 1.807) is 31.4 Å². The maximum absolute atomic E-state index is 12.2. The second-order valence-corrected chi connectivity index (χ2v) is 12.0. The van der Waals surface area contributed by atoms with Gasteiger partial charge in [0.15, 0.2) is 11.6 Å². The Morgan fingerprint density at radius 3 is 1.70 bits per heavy atom. The molecule has 0 unspecified atom stereocenters. The average molecular weight is 588 g/mol. The molecule has 0 bridgehead atoms. The summed E-state index contributed by atoms with van der Waals surface area (Å²) in [6, 6.07) is 11.0. The summed E-state index contributed by atoms with van der Waals surface area (Å²) in [5, 5.41) is 18.8. The summed E-state index contributed by atoms with van der Waals surface area (Å²) in [7, 11) is 3.66. The second kappa shape index (κ2) is 10.8. The fourth-order valence-corrected chi connectivity index (χ4v) is 5.95. The van der Waals surface area contributed by atoms with Crippen LogP contribution in [0.3, 0.4) is 0 Å². The summed E-state index contributed by atoms with van der Waals surface area (Å²) in [6.07, 6.45) is 5.08. The van der Waals surface area contributed by atoms with Gasteiger partial charge in [-0.3, -0.25) is 19.2 Å². The van der Waals surface area contributed by atoms with Gasteiger partial charge in [0.1, 0.15) is 0 Å². The number of hydrogen-bond acceptors (Lipinski definition) is 6. The van der Waals surface area contributed by atoms with Crippen LogP contribution in [0.5, 0.6) is 0 Å². The van der Waals surface area contributed by atoms with Gasteiger partial charge in [-0.05, 0) is 62.8 Å². The van der Waals surface area contributed by atoms with Crippen LogP contribution in [-0.4, -0.2) is 53.9 Å². The zero-order chi connectivity index (χ0) is 28.9. The van der Waals surface area contributed by atoms with Gasteiger partial charge in [0.2, 0.25) is 0 Å². The van der Waals surface area contributed by atoms with Crippen molar-refractivity contribution in [1.29, 1.82) is 0 Å². The highest BCUT2D eigenvalue weighted by Crippen LogP contribution is 2.51. The number of methoxy groups -OCH3 is 1. The lowest BCUT2D eigenvalue weighted by Crippen LogP contribution is -2.20. The number of nitrogens with zero attached hydrogens (tertiary/aromatic N) is 1. The Morgan fingerprint density at radius 2 is 1.32 bits per heavy atom. The van der Waals surface area contributed by atoms with E-state index in [9.17, 15) is 19.2 Å². The Labute approximate surface area is 242 Å². The molecule has 0 spiro atoms. The number of Topliss-reactive ketones (excluding diaryl/α,β-unsaturated/α-hetero) is 2. The summed E-state index contributed by atoms with van der Waals surface area (Å²) >= 11 is 12.5. The van der Waals surface area contributed by atoms with Crippen molar-refractivity contribution in [2.24, 2.45) is 23.7 Å². The molecule has 2 aromatic carbocycles. The highest BCUT2D eigenvalue weighted by molar-refractivity contribution is 6.33. The van der Waals surface area contributed by atoms with Crippen LogP contribution in [0.2, 0.25) is 10.0 Å². The van der Waals surface area contributed by atoms with Gasteiger partial charge < -0.3 is 19.8 Å². The van der Waals surface area contributed by atoms with Gasteiger partial charge in [-0.2, -0.15) is 0 Å². The predicted octanol–water partition coefficient (Wildman–Crippen LogP) is 5.72. The van der Waals surface area contributed by atoms with Crippen LogP contribution in [0.1, 0.15) is 64.8 Å². The SMILES string of the molecule is CN(c1ccc(C(=O)[C@H]2C[C@@H]2C(=O)O)cc1Cl)C1CC1.COC1(c2ccc(C(=O)[C@H]3C[C@@H]3C(=O)O)cc2Cl)CC1. The number of carbonyl (C=O) groups is 4. The van der Waals surface area contributed by atoms with Gasteiger partial charge >= 0.3 is 11.9 Å². The molecule has 4 aliphatic carbocycles. The first kappa shape index (κ1) is 28.6. The summed E-state index contributed by atoms with van der Waals surface area (Å²) in [4.78, 5) is 48.1. The Bertz CT molecular complexity index is 1380. The maximum Gasteiger partial charge on any atom is 0.307 e. The molecule has 4 saturated carbocycles. The Kier molecular flexibility index (Phi) is 7.72. The predicted molar refractivity (Wildman–Crippen MR) is 149 cm³/mol. The minimum Gasteiger partial charge on any atom is -0.481 e. The van der Waals surface area contributed by atoms with E-state index in [0.717, 1.165) is 24.1 Å². The standard InChI is InChI=1S/C15H16ClNO3.C15H15ClO4/c1-17(9-3-4-9)13-5-2-8(6-12(13)16)14(18)10-7-11(10)15(19)20;1-20-15(4-5-15)11-3-2-8(6-12(11)16)13(17)9-7-10(9)14(18)19/h2,5-6,9-11H,3-4,7H2,1H3,(H,19,20);2-3,6,9-10H,4-5,7H2,1H3,(H,18,19)/t10-,11-;9-,10-/m00/s1. The fourth-order valence-electron chi connectivity index (χ4n) is 5.28. The molecule has 10 heteroatoms. The number of carboxylic acids is 2. The quantitative estimate of drug-likeness (QED) is 0.338. The Morgan fingerprint density at radius 1 is 0.825 bits per heavy atom. The molecule has 0 saturated heterocycles. The van der Waals surface area contributed by atoms with Crippen LogP contribution in [-0.2, 0) is 19.9 Å². The number of halogens is 2. The third-order valence-corrected chi connectivity index (χ3v) is 9.05. The number of ketones is 2. The molecule has 0 amide bonds. The topological polar surface area (TPSA) is 121 Å². The van der Waals surface area contributed by atoms with Crippen LogP contribution in [0, 0.1) is 23.7 Å². The molecule has 6 rings (SSSR count). The van der Waals surface area contributed by atoms with Crippen LogP contribution >= 0.6 is 23.2 Å². The fraction of sp³-hybridized carbons (Fsp3) is 0.467. The number of aliphatic carboxylic acids is 2. The van der Waals surface area contributed by atoms with Crippen LogP contribution in [0.15, 0.2) is 36.4 Å². The molecule has 2 N–H and O–H groups in total. The molecule has 212 valence electrons. The zero-order valence-electron chi connectivity index (χ0n) is 22.2. The van der Waals surface area contributed by atoms with Gasteiger partial charge in [0, 0.05) is 53.7 Å². The van der Waals surface area contributed by atoms with Gasteiger partial charge in [0.25, 0.3) is 0 Å². The van der Waals surface area contributed by atoms with Crippen molar-refractivity contribution in [3.63, 3.8) is 0 Å². The summed E-state index contributed by atoms with van der Waals surface area (Å²) in [5.41, 5.74) is 2.54. The van der Waals surface area contributed by atoms with E-state index in [1.807, 2.05) is 19.2 Å². The number of rotatable bonds is 10. The molecule has 40 heavy (non-hydrogen) atoms. The minimum atomic E-state index is -0.901. The minimum absolute atomic E-state index is 0.111. The maximum atomic E-state index is 12.2. The van der Waals surface area contributed by atoms with Crippen molar-refractivity contribution >= 4 is 52.4 Å². The lowest BCUT2D eigenvalue weighted by atomic mass is 10.0. The van der Waals surface area contributed by atoms with Crippen molar-refractivity contribution in [2.45, 2.75) is 50.2 Å². The normalized spacial score (nSPS) is 25.2. The molecule has 0 aromatic heterocycles. The first-order valence-electron chi connectivity index (χ1n) is 13.4. The highest BCUT2D eigenvalue weighted by atomic mass is 35.5. The molecule has 8 nitrogen and oxygen atoms in total. The van der Waals surface area contributed by atoms with Crippen molar-refractivity contribution in [3.8, 4) is 0 Å². The van der Waals surface area contributed by atoms with E-state index < -0.39 is 29.7 Å². The molecule has 2 aromatic rings. The molecule has 4 fully saturated rings. The summed E-state index contributed by atoms with van der Waals surface area (Å²) in [6.45, 7) is 0. The molecule has 0 heterocycles. The lowest BCUT2D eigenvalue weighted by molar-refractivity contribution is -0.139. The van der Waals surface area contributed by atoms with E-state index in [2.05, 4.69) is 4.90 Å². The molecule has 4 aliphatic rings. The Balaban J connectivity index is 0.000000161. The number of anilines is 1. The number of carboxylic acid groups (broad SMARTS) is 2. The van der Waals surface area contributed by atoms with Crippen molar-refractivity contribution in [3.05, 3.63) is 63.1 Å². The number of benzene rings is 2. The number of ether oxygens (including phenoxy) is 1. The lowest BCUT2D eigenvalue weighted by Gasteiger charge is -2.20. The van der Waals surface area contributed by atoms with Crippen molar-refractivity contribution < 1.29 is 34.1 Å². The molecular formula is C30H31Cl2NO7. The molecule has 0 radical (unpaired) electrons. The van der Waals surface area contributed by atoms with E-state index in [1.165, 1.54) is 12.8 Å². The van der Waals surface area contributed by atoms with E-state index in [0.29, 0.717) is 40.1 Å². The highest BCUT2D eigenvalue weighted by Gasteiger charge is 2.50. The van der Waals surface area contributed by atoms with E-state index >= 15 is 0 Å². The van der Waals surface area contributed by atoms with Crippen LogP contribution in [0.25, 0.3) is 0 Å². The molecule has 0 aliphatic heterocycles. The average Bonchev–Trinajstić information content (AvgIpc) is 3.78. The third-order valence-electron chi connectivity index (χ3n) is 8.43. The van der Waals surface area contributed by atoms with Gasteiger partial charge in [0.05, 0.1) is 28.1 Å². The number of carbonyl (C=O) groups excluding carboxylic acids is 2. The first-order valence-corrected chi connectivity index (χ1v) is 14.1. The van der Waals surface area contributed by atoms with Gasteiger partial charge in [-0.25, -0.2) is 0 Å². The Hall–Kier alpha value is -2.94. The van der Waals surface area contributed by atoms with Crippen LogP contribution in [0.4, 0.5) is 5.69 Å². The zero-order valence-corrected chi connectivity index (χ0v) is 23.7. The summed E-state index contributed by atoms with van der Waals surface area (Å²) in [5.74, 6) is -3.86. The molecular weight excluding hydrogens is 557 g/mol. The van der Waals surface area contributed by atoms with E-state index in [-0.39, 0.29) is 23.1 Å². The second-order valence-electron chi connectivity index (χ2n) is 11.2. The van der Waals surface area contributed by atoms with Crippen LogP contribution < -0.4 is 4.90 Å². The monoisotopic (exact) mass is 587 g/mol. The number of hydrogen-bond donors (Lipinski definition) is 2. The largest absolute Gasteiger partial charge is 0.481 e. The van der Waals surface area contributed by atoms with Crippen molar-refractivity contribution in [2.75, 3.05) is 19.1 Å². The van der Waals surface area contributed by atoms with Crippen molar-refractivity contribution in [1.82, 2.24) is 0 Å². The molecule has 4 atom stereocenters. The van der Waals surface area contributed by atoms with Gasteiger partial charge in [-0.1, -0.05) is 35.3 Å². The smallest absolute Gasteiger partial charge is 0.307 e. The summed E-state index contributed by atoms with van der Waals surface area (Å²) < 4.78 is 5.48. The third kappa shape index (κ3) is 5.76.